The van der Waals surface area contributed by atoms with Crippen LogP contribution < -0.4 is 10.2 Å². The van der Waals surface area contributed by atoms with E-state index < -0.39 is 0 Å². The second-order valence-corrected chi connectivity index (χ2v) is 6.55. The Morgan fingerprint density at radius 2 is 1.95 bits per heavy atom. The van der Waals surface area contributed by atoms with E-state index >= 15 is 0 Å². The van der Waals surface area contributed by atoms with Crippen LogP contribution in [0.1, 0.15) is 31.2 Å². The minimum atomic E-state index is -0.0912. The van der Waals surface area contributed by atoms with Crippen LogP contribution in [0.25, 0.3) is 0 Å². The molecule has 0 atom stereocenters. The minimum Gasteiger partial charge on any atom is -0.369 e. The Kier molecular flexibility index (Phi) is 4.45. The lowest BCUT2D eigenvalue weighted by molar-refractivity contribution is 0.252. The van der Waals surface area contributed by atoms with Gasteiger partial charge in [0.05, 0.1) is 5.69 Å². The summed E-state index contributed by atoms with van der Waals surface area (Å²) < 4.78 is 14.4. The van der Waals surface area contributed by atoms with Gasteiger partial charge in [0.25, 0.3) is 0 Å². The fourth-order valence-corrected chi connectivity index (χ4v) is 3.20. The second kappa shape index (κ2) is 6.32. The SMILES string of the molecule is CN1CCC(N(C)c2c(F)cccc2CNC2CC2)CC1. The van der Waals surface area contributed by atoms with Crippen molar-refractivity contribution in [3.63, 3.8) is 0 Å². The van der Waals surface area contributed by atoms with Crippen LogP contribution in [0, 0.1) is 5.82 Å². The summed E-state index contributed by atoms with van der Waals surface area (Å²) in [5.74, 6) is -0.0912. The van der Waals surface area contributed by atoms with Gasteiger partial charge in [0, 0.05) is 25.7 Å². The molecule has 2 fully saturated rings. The van der Waals surface area contributed by atoms with Crippen LogP contribution >= 0.6 is 0 Å². The molecule has 21 heavy (non-hydrogen) atoms. The van der Waals surface area contributed by atoms with Crippen LogP contribution in [0.5, 0.6) is 0 Å². The average molecular weight is 291 g/mol. The summed E-state index contributed by atoms with van der Waals surface area (Å²) in [5, 5.41) is 3.50. The van der Waals surface area contributed by atoms with Gasteiger partial charge in [-0.15, -0.1) is 0 Å². The van der Waals surface area contributed by atoms with Crippen molar-refractivity contribution in [2.24, 2.45) is 0 Å². The van der Waals surface area contributed by atoms with Crippen LogP contribution in [-0.2, 0) is 6.54 Å². The quantitative estimate of drug-likeness (QED) is 0.899. The van der Waals surface area contributed by atoms with E-state index in [4.69, 9.17) is 0 Å². The number of nitrogens with one attached hydrogen (secondary N) is 1. The Morgan fingerprint density at radius 3 is 2.62 bits per heavy atom. The standard InChI is InChI=1S/C17H26FN3/c1-20-10-8-15(9-11-20)21(2)17-13(4-3-5-16(17)18)12-19-14-6-7-14/h3-5,14-15,19H,6-12H2,1-2H3. The van der Waals surface area contributed by atoms with Crippen molar-refractivity contribution in [2.45, 2.75) is 44.3 Å². The van der Waals surface area contributed by atoms with Crippen molar-refractivity contribution in [1.29, 1.82) is 0 Å². The molecular formula is C17H26FN3. The molecule has 1 aromatic rings. The fourth-order valence-electron chi connectivity index (χ4n) is 3.20. The Hall–Kier alpha value is -1.13. The monoisotopic (exact) mass is 291 g/mol. The number of rotatable bonds is 5. The number of nitrogens with zero attached hydrogens (tertiary/aromatic N) is 2. The molecule has 0 unspecified atom stereocenters. The molecule has 1 heterocycles. The van der Waals surface area contributed by atoms with E-state index in [1.165, 1.54) is 12.8 Å². The highest BCUT2D eigenvalue weighted by Gasteiger charge is 2.25. The summed E-state index contributed by atoms with van der Waals surface area (Å²) in [6, 6.07) is 6.55. The van der Waals surface area contributed by atoms with Gasteiger partial charge >= 0.3 is 0 Å². The predicted molar refractivity (Wildman–Crippen MR) is 85.2 cm³/mol. The topological polar surface area (TPSA) is 18.5 Å². The third-order valence-corrected chi connectivity index (χ3v) is 4.82. The molecule has 1 aliphatic carbocycles. The number of hydrogen-bond acceptors (Lipinski definition) is 3. The van der Waals surface area contributed by atoms with Gasteiger partial charge < -0.3 is 15.1 Å². The van der Waals surface area contributed by atoms with Crippen molar-refractivity contribution in [2.75, 3.05) is 32.1 Å². The van der Waals surface area contributed by atoms with E-state index in [2.05, 4.69) is 35.3 Å². The van der Waals surface area contributed by atoms with Gasteiger partial charge in [-0.1, -0.05) is 12.1 Å². The Labute approximate surface area is 127 Å². The molecule has 3 rings (SSSR count). The predicted octanol–water partition coefficient (Wildman–Crippen LogP) is 2.61. The average Bonchev–Trinajstić information content (AvgIpc) is 3.29. The number of halogens is 1. The van der Waals surface area contributed by atoms with Crippen molar-refractivity contribution in [3.8, 4) is 0 Å². The molecule has 0 radical (unpaired) electrons. The third-order valence-electron chi connectivity index (χ3n) is 4.82. The van der Waals surface area contributed by atoms with E-state index in [9.17, 15) is 4.39 Å². The van der Waals surface area contributed by atoms with Gasteiger partial charge in [-0.3, -0.25) is 0 Å². The van der Waals surface area contributed by atoms with Crippen LogP contribution in [0.4, 0.5) is 10.1 Å². The molecule has 1 aromatic carbocycles. The first-order valence-electron chi connectivity index (χ1n) is 8.07. The third kappa shape index (κ3) is 3.55. The largest absolute Gasteiger partial charge is 0.369 e. The molecule has 1 aliphatic heterocycles. The molecule has 0 amide bonds. The highest BCUT2D eigenvalue weighted by atomic mass is 19.1. The Balaban J connectivity index is 1.75. The van der Waals surface area contributed by atoms with Crippen LogP contribution in [0.2, 0.25) is 0 Å². The van der Waals surface area contributed by atoms with E-state index in [1.807, 2.05) is 6.07 Å². The second-order valence-electron chi connectivity index (χ2n) is 6.55. The van der Waals surface area contributed by atoms with Gasteiger partial charge in [0.15, 0.2) is 0 Å². The van der Waals surface area contributed by atoms with Crippen molar-refractivity contribution in [3.05, 3.63) is 29.6 Å². The van der Waals surface area contributed by atoms with Gasteiger partial charge in [0.1, 0.15) is 5.82 Å². The van der Waals surface area contributed by atoms with Crippen LogP contribution in [0.3, 0.4) is 0 Å². The molecular weight excluding hydrogens is 265 g/mol. The minimum absolute atomic E-state index is 0.0912. The maximum absolute atomic E-state index is 14.4. The number of benzene rings is 1. The van der Waals surface area contributed by atoms with Gasteiger partial charge in [-0.25, -0.2) is 4.39 Å². The molecule has 1 saturated heterocycles. The first-order chi connectivity index (χ1) is 10.1. The van der Waals surface area contributed by atoms with Gasteiger partial charge in [0.2, 0.25) is 0 Å². The number of anilines is 1. The molecule has 2 aliphatic rings. The van der Waals surface area contributed by atoms with Crippen molar-refractivity contribution in [1.82, 2.24) is 10.2 Å². The van der Waals surface area contributed by atoms with E-state index in [1.54, 1.807) is 6.07 Å². The first-order valence-corrected chi connectivity index (χ1v) is 8.07. The maximum Gasteiger partial charge on any atom is 0.146 e. The first kappa shape index (κ1) is 14.8. The highest BCUT2D eigenvalue weighted by molar-refractivity contribution is 5.55. The fraction of sp³-hybridized carbons (Fsp3) is 0.647. The van der Waals surface area contributed by atoms with E-state index in [0.717, 1.165) is 43.7 Å². The number of likely N-dealkylation sites (tertiary alicyclic amines) is 1. The molecule has 3 nitrogen and oxygen atoms in total. The number of hydrogen-bond donors (Lipinski definition) is 1. The zero-order valence-corrected chi connectivity index (χ0v) is 13.1. The van der Waals surface area contributed by atoms with Crippen LogP contribution in [0.15, 0.2) is 18.2 Å². The van der Waals surface area contributed by atoms with E-state index in [0.29, 0.717) is 12.1 Å². The smallest absolute Gasteiger partial charge is 0.146 e. The van der Waals surface area contributed by atoms with Crippen LogP contribution in [-0.4, -0.2) is 44.2 Å². The normalized spacial score (nSPS) is 20.7. The summed E-state index contributed by atoms with van der Waals surface area (Å²) in [6.45, 7) is 2.97. The van der Waals surface area contributed by atoms with Gasteiger partial charge in [-0.2, -0.15) is 0 Å². The lowest BCUT2D eigenvalue weighted by Gasteiger charge is -2.37. The van der Waals surface area contributed by atoms with Crippen molar-refractivity contribution >= 4 is 5.69 Å². The zero-order valence-electron chi connectivity index (χ0n) is 13.1. The summed E-state index contributed by atoms with van der Waals surface area (Å²) in [6.07, 6.45) is 4.73. The Morgan fingerprint density at radius 1 is 1.24 bits per heavy atom. The van der Waals surface area contributed by atoms with Gasteiger partial charge in [-0.05, 0) is 57.5 Å². The summed E-state index contributed by atoms with van der Waals surface area (Å²) >= 11 is 0. The molecule has 116 valence electrons. The highest BCUT2D eigenvalue weighted by Crippen LogP contribution is 2.29. The molecule has 4 heteroatoms. The Bertz CT molecular complexity index is 479. The number of piperidine rings is 1. The lowest BCUT2D eigenvalue weighted by Crippen LogP contribution is -2.42. The molecule has 0 spiro atoms. The lowest BCUT2D eigenvalue weighted by atomic mass is 10.0. The maximum atomic E-state index is 14.4. The zero-order chi connectivity index (χ0) is 14.8. The summed E-state index contributed by atoms with van der Waals surface area (Å²) in [7, 11) is 4.21. The molecule has 0 bridgehead atoms. The van der Waals surface area contributed by atoms with E-state index in [-0.39, 0.29) is 5.82 Å². The molecule has 0 aromatic heterocycles. The summed E-state index contributed by atoms with van der Waals surface area (Å²) in [5.41, 5.74) is 1.88. The molecule has 1 N–H and O–H groups in total. The van der Waals surface area contributed by atoms with Crippen molar-refractivity contribution < 1.29 is 4.39 Å². The summed E-state index contributed by atoms with van der Waals surface area (Å²) in [4.78, 5) is 4.52. The number of para-hydroxylation sites is 1. The molecule has 1 saturated carbocycles.